The summed E-state index contributed by atoms with van der Waals surface area (Å²) in [6.07, 6.45) is 9.98. The van der Waals surface area contributed by atoms with Crippen LogP contribution in [0.2, 0.25) is 0 Å². The summed E-state index contributed by atoms with van der Waals surface area (Å²) in [4.78, 5) is 25.6. The molecule has 0 saturated carbocycles. The SMILES string of the molecule is CCCC[C@@H](CC)COC(=O)C(=Cc1ccccc1)C(=O)OC[C@@H](CC)CCCC. The molecule has 0 unspecified atom stereocenters. The van der Waals surface area contributed by atoms with Crippen molar-refractivity contribution < 1.29 is 19.1 Å². The van der Waals surface area contributed by atoms with Gasteiger partial charge in [-0.3, -0.25) is 0 Å². The highest BCUT2D eigenvalue weighted by Crippen LogP contribution is 2.17. The lowest BCUT2D eigenvalue weighted by molar-refractivity contribution is -0.148. The highest BCUT2D eigenvalue weighted by molar-refractivity contribution is 6.17. The second kappa shape index (κ2) is 15.7. The smallest absolute Gasteiger partial charge is 0.345 e. The van der Waals surface area contributed by atoms with Crippen LogP contribution < -0.4 is 0 Å². The average molecular weight is 417 g/mol. The number of hydrogen-bond acceptors (Lipinski definition) is 4. The minimum Gasteiger partial charge on any atom is -0.462 e. The van der Waals surface area contributed by atoms with Crippen LogP contribution in [0.1, 0.15) is 84.6 Å². The van der Waals surface area contributed by atoms with Gasteiger partial charge < -0.3 is 9.47 Å². The third kappa shape index (κ3) is 10.1. The van der Waals surface area contributed by atoms with E-state index in [1.807, 2.05) is 30.3 Å². The van der Waals surface area contributed by atoms with Gasteiger partial charge in [0.25, 0.3) is 0 Å². The number of carbonyl (C=O) groups excluding carboxylic acids is 2. The van der Waals surface area contributed by atoms with Crippen molar-refractivity contribution in [3.05, 3.63) is 41.5 Å². The number of ether oxygens (including phenoxy) is 2. The van der Waals surface area contributed by atoms with Crippen LogP contribution >= 0.6 is 0 Å². The van der Waals surface area contributed by atoms with Crippen LogP contribution in [0.5, 0.6) is 0 Å². The van der Waals surface area contributed by atoms with Crippen molar-refractivity contribution in [3.63, 3.8) is 0 Å². The molecule has 0 fully saturated rings. The van der Waals surface area contributed by atoms with E-state index < -0.39 is 11.9 Å². The normalized spacial score (nSPS) is 13.5. The van der Waals surface area contributed by atoms with Gasteiger partial charge in [0.2, 0.25) is 0 Å². The molecule has 0 aliphatic heterocycles. The van der Waals surface area contributed by atoms with Gasteiger partial charge in [-0.25, -0.2) is 9.59 Å². The third-order valence-corrected chi connectivity index (χ3v) is 5.54. The van der Waals surface area contributed by atoms with Crippen LogP contribution in [0.3, 0.4) is 0 Å². The molecular formula is C26H40O4. The van der Waals surface area contributed by atoms with E-state index in [0.717, 1.165) is 56.9 Å². The Morgan fingerprint density at radius 2 is 1.27 bits per heavy atom. The van der Waals surface area contributed by atoms with E-state index in [1.165, 1.54) is 0 Å². The first-order valence-electron chi connectivity index (χ1n) is 11.7. The number of carbonyl (C=O) groups is 2. The minimum absolute atomic E-state index is 0.0307. The molecule has 0 aliphatic carbocycles. The Bertz CT molecular complexity index is 602. The van der Waals surface area contributed by atoms with E-state index in [4.69, 9.17) is 9.47 Å². The molecule has 1 rings (SSSR count). The van der Waals surface area contributed by atoms with Gasteiger partial charge in [0, 0.05) is 0 Å². The maximum Gasteiger partial charge on any atom is 0.345 e. The van der Waals surface area contributed by atoms with E-state index in [9.17, 15) is 9.59 Å². The molecule has 4 heteroatoms. The fourth-order valence-electron chi connectivity index (χ4n) is 3.26. The largest absolute Gasteiger partial charge is 0.462 e. The van der Waals surface area contributed by atoms with Gasteiger partial charge in [0.05, 0.1) is 13.2 Å². The van der Waals surface area contributed by atoms with Crippen molar-refractivity contribution in [1.82, 2.24) is 0 Å². The van der Waals surface area contributed by atoms with Crippen LogP contribution in [-0.2, 0) is 19.1 Å². The van der Waals surface area contributed by atoms with Crippen LogP contribution in [0.25, 0.3) is 6.08 Å². The van der Waals surface area contributed by atoms with E-state index in [0.29, 0.717) is 25.0 Å². The van der Waals surface area contributed by atoms with Crippen LogP contribution in [-0.4, -0.2) is 25.2 Å². The first kappa shape index (κ1) is 25.9. The van der Waals surface area contributed by atoms with E-state index in [2.05, 4.69) is 27.7 Å². The lowest BCUT2D eigenvalue weighted by Crippen LogP contribution is -2.23. The first-order valence-corrected chi connectivity index (χ1v) is 11.7. The van der Waals surface area contributed by atoms with Gasteiger partial charge >= 0.3 is 11.9 Å². The van der Waals surface area contributed by atoms with Gasteiger partial charge in [-0.1, -0.05) is 96.6 Å². The highest BCUT2D eigenvalue weighted by Gasteiger charge is 2.23. The van der Waals surface area contributed by atoms with Crippen molar-refractivity contribution in [2.24, 2.45) is 11.8 Å². The maximum absolute atomic E-state index is 12.8. The van der Waals surface area contributed by atoms with Gasteiger partial charge in [0.1, 0.15) is 5.57 Å². The van der Waals surface area contributed by atoms with Crippen molar-refractivity contribution in [2.75, 3.05) is 13.2 Å². The lowest BCUT2D eigenvalue weighted by atomic mass is 10.0. The fraction of sp³-hybridized carbons (Fsp3) is 0.615. The summed E-state index contributed by atoms with van der Waals surface area (Å²) in [5, 5.41) is 0. The number of hydrogen-bond donors (Lipinski definition) is 0. The summed E-state index contributed by atoms with van der Waals surface area (Å²) in [6.45, 7) is 9.18. The zero-order valence-electron chi connectivity index (χ0n) is 19.3. The zero-order valence-corrected chi connectivity index (χ0v) is 19.3. The molecule has 1 aromatic rings. The fourth-order valence-corrected chi connectivity index (χ4v) is 3.26. The molecule has 0 amide bonds. The van der Waals surface area contributed by atoms with E-state index in [-0.39, 0.29) is 5.57 Å². The number of esters is 2. The quantitative estimate of drug-likeness (QED) is 0.140. The highest BCUT2D eigenvalue weighted by atomic mass is 16.6. The monoisotopic (exact) mass is 416 g/mol. The van der Waals surface area contributed by atoms with Crippen LogP contribution in [0.15, 0.2) is 35.9 Å². The molecule has 0 radical (unpaired) electrons. The Balaban J connectivity index is 2.85. The van der Waals surface area contributed by atoms with Crippen molar-refractivity contribution in [3.8, 4) is 0 Å². The van der Waals surface area contributed by atoms with Crippen molar-refractivity contribution in [1.29, 1.82) is 0 Å². The minimum atomic E-state index is -0.597. The molecule has 30 heavy (non-hydrogen) atoms. The molecule has 0 aromatic heterocycles. The Labute approximate surface area is 183 Å². The molecule has 2 atom stereocenters. The zero-order chi connectivity index (χ0) is 22.2. The standard InChI is InChI=1S/C26H40O4/c1-5-9-14-21(7-3)19-29-25(27)24(18-23-16-12-11-13-17-23)26(28)30-20-22(8-4)15-10-6-2/h11-13,16-18,21-22H,5-10,14-15,19-20H2,1-4H3/t21-,22+. The van der Waals surface area contributed by atoms with Gasteiger partial charge in [-0.2, -0.15) is 0 Å². The molecule has 0 heterocycles. The molecule has 168 valence electrons. The average Bonchev–Trinajstić information content (AvgIpc) is 2.78. The first-order chi connectivity index (χ1) is 14.5. The molecule has 0 aliphatic rings. The summed E-state index contributed by atoms with van der Waals surface area (Å²) in [5.74, 6) is -0.552. The molecular weight excluding hydrogens is 376 g/mol. The van der Waals surface area contributed by atoms with E-state index >= 15 is 0 Å². The Morgan fingerprint density at radius 1 is 0.800 bits per heavy atom. The van der Waals surface area contributed by atoms with Gasteiger partial charge in [-0.05, 0) is 36.3 Å². The van der Waals surface area contributed by atoms with Crippen molar-refractivity contribution in [2.45, 2.75) is 79.1 Å². The molecule has 1 aromatic carbocycles. The summed E-state index contributed by atoms with van der Waals surface area (Å²) < 4.78 is 11.1. The second-order valence-electron chi connectivity index (χ2n) is 8.00. The number of benzene rings is 1. The summed E-state index contributed by atoms with van der Waals surface area (Å²) in [6, 6.07) is 9.35. The van der Waals surface area contributed by atoms with Crippen LogP contribution in [0, 0.1) is 11.8 Å². The number of unbranched alkanes of at least 4 members (excludes halogenated alkanes) is 2. The lowest BCUT2D eigenvalue weighted by Gasteiger charge is -2.17. The number of rotatable bonds is 15. The molecule has 0 bridgehead atoms. The topological polar surface area (TPSA) is 52.6 Å². The molecule has 0 spiro atoms. The summed E-state index contributed by atoms with van der Waals surface area (Å²) in [5.41, 5.74) is 0.745. The Hall–Kier alpha value is -2.10. The second-order valence-corrected chi connectivity index (χ2v) is 8.00. The molecule has 0 N–H and O–H groups in total. The maximum atomic E-state index is 12.8. The van der Waals surface area contributed by atoms with Crippen LogP contribution in [0.4, 0.5) is 0 Å². The van der Waals surface area contributed by atoms with E-state index in [1.54, 1.807) is 6.08 Å². The van der Waals surface area contributed by atoms with Gasteiger partial charge in [-0.15, -0.1) is 0 Å². The molecule has 0 saturated heterocycles. The van der Waals surface area contributed by atoms with Crippen molar-refractivity contribution >= 4 is 18.0 Å². The summed E-state index contributed by atoms with van der Waals surface area (Å²) in [7, 11) is 0. The Morgan fingerprint density at radius 3 is 1.67 bits per heavy atom. The van der Waals surface area contributed by atoms with Gasteiger partial charge in [0.15, 0.2) is 0 Å². The molecule has 4 nitrogen and oxygen atoms in total. The predicted octanol–water partition coefficient (Wildman–Crippen LogP) is 6.59. The predicted molar refractivity (Wildman–Crippen MR) is 123 cm³/mol. The Kier molecular flexibility index (Phi) is 13.6. The third-order valence-electron chi connectivity index (χ3n) is 5.54. The summed E-state index contributed by atoms with van der Waals surface area (Å²) >= 11 is 0.